The molecule has 3 rings (SSSR count). The Morgan fingerprint density at radius 2 is 1.62 bits per heavy atom. The standard InChI is InChI=1S/C19H14F3NO/c1-13-6-5-11-23-18(13)15-8-4-7-14(12-15)16-9-2-3-10-17(16)24-19(20,21)22/h2-12H,1H3. The molecule has 0 radical (unpaired) electrons. The van der Waals surface area contributed by atoms with Crippen LogP contribution in [0.25, 0.3) is 22.4 Å². The van der Waals surface area contributed by atoms with Crippen LogP contribution in [0.15, 0.2) is 66.9 Å². The largest absolute Gasteiger partial charge is 0.573 e. The van der Waals surface area contributed by atoms with Crippen LogP contribution in [0.1, 0.15) is 5.56 Å². The van der Waals surface area contributed by atoms with Gasteiger partial charge < -0.3 is 4.74 Å². The second-order valence-electron chi connectivity index (χ2n) is 5.29. The third kappa shape index (κ3) is 3.56. The lowest BCUT2D eigenvalue weighted by atomic mass is 9.99. The SMILES string of the molecule is Cc1cccnc1-c1cccc(-c2ccccc2OC(F)(F)F)c1. The van der Waals surface area contributed by atoms with E-state index in [-0.39, 0.29) is 5.75 Å². The zero-order chi connectivity index (χ0) is 17.2. The summed E-state index contributed by atoms with van der Waals surface area (Å²) in [5.41, 5.74) is 3.65. The van der Waals surface area contributed by atoms with Crippen molar-refractivity contribution < 1.29 is 17.9 Å². The molecule has 0 amide bonds. The zero-order valence-corrected chi connectivity index (χ0v) is 12.8. The van der Waals surface area contributed by atoms with Gasteiger partial charge in [-0.3, -0.25) is 4.98 Å². The number of aryl methyl sites for hydroxylation is 1. The summed E-state index contributed by atoms with van der Waals surface area (Å²) in [5, 5.41) is 0. The summed E-state index contributed by atoms with van der Waals surface area (Å²) < 4.78 is 41.9. The highest BCUT2D eigenvalue weighted by molar-refractivity contribution is 5.76. The molecule has 0 spiro atoms. The Morgan fingerprint density at radius 3 is 2.38 bits per heavy atom. The molecule has 0 atom stereocenters. The minimum Gasteiger partial charge on any atom is -0.405 e. The van der Waals surface area contributed by atoms with Crippen molar-refractivity contribution in [2.24, 2.45) is 0 Å². The predicted octanol–water partition coefficient (Wildman–Crippen LogP) is 5.62. The van der Waals surface area contributed by atoms with Crippen molar-refractivity contribution in [3.8, 4) is 28.1 Å². The van der Waals surface area contributed by atoms with Crippen molar-refractivity contribution in [2.45, 2.75) is 13.3 Å². The van der Waals surface area contributed by atoms with E-state index in [1.165, 1.54) is 12.1 Å². The van der Waals surface area contributed by atoms with Gasteiger partial charge in [-0.1, -0.05) is 42.5 Å². The lowest BCUT2D eigenvalue weighted by Gasteiger charge is -2.14. The molecule has 0 fully saturated rings. The van der Waals surface area contributed by atoms with Crippen LogP contribution >= 0.6 is 0 Å². The topological polar surface area (TPSA) is 22.1 Å². The van der Waals surface area contributed by atoms with Crippen molar-refractivity contribution >= 4 is 0 Å². The van der Waals surface area contributed by atoms with Gasteiger partial charge in [-0.05, 0) is 36.2 Å². The van der Waals surface area contributed by atoms with Crippen molar-refractivity contribution in [3.63, 3.8) is 0 Å². The summed E-state index contributed by atoms with van der Waals surface area (Å²) in [4.78, 5) is 4.35. The van der Waals surface area contributed by atoms with Gasteiger partial charge >= 0.3 is 6.36 Å². The first-order chi connectivity index (χ1) is 11.4. The lowest BCUT2D eigenvalue weighted by Crippen LogP contribution is -2.17. The minimum absolute atomic E-state index is 0.222. The average molecular weight is 329 g/mol. The zero-order valence-electron chi connectivity index (χ0n) is 12.8. The van der Waals surface area contributed by atoms with Crippen molar-refractivity contribution in [2.75, 3.05) is 0 Å². The summed E-state index contributed by atoms with van der Waals surface area (Å²) in [6.07, 6.45) is -3.04. The van der Waals surface area contributed by atoms with E-state index < -0.39 is 6.36 Å². The molecule has 1 aromatic heterocycles. The molecule has 0 aliphatic rings. The summed E-state index contributed by atoms with van der Waals surface area (Å²) >= 11 is 0. The van der Waals surface area contributed by atoms with Gasteiger partial charge in [0.1, 0.15) is 5.75 Å². The number of pyridine rings is 1. The van der Waals surface area contributed by atoms with E-state index in [0.717, 1.165) is 16.8 Å². The van der Waals surface area contributed by atoms with E-state index in [1.807, 2.05) is 31.2 Å². The van der Waals surface area contributed by atoms with Gasteiger partial charge in [0.25, 0.3) is 0 Å². The fourth-order valence-corrected chi connectivity index (χ4v) is 2.54. The third-order valence-corrected chi connectivity index (χ3v) is 3.57. The normalized spacial score (nSPS) is 11.3. The fourth-order valence-electron chi connectivity index (χ4n) is 2.54. The maximum absolute atomic E-state index is 12.6. The molecule has 2 nitrogen and oxygen atoms in total. The van der Waals surface area contributed by atoms with Gasteiger partial charge in [0.05, 0.1) is 5.69 Å². The van der Waals surface area contributed by atoms with Gasteiger partial charge in [-0.25, -0.2) is 0 Å². The van der Waals surface area contributed by atoms with Crippen LogP contribution in [0.2, 0.25) is 0 Å². The highest BCUT2D eigenvalue weighted by Gasteiger charge is 2.32. The molecule has 5 heteroatoms. The summed E-state index contributed by atoms with van der Waals surface area (Å²) in [7, 11) is 0. The number of ether oxygens (including phenoxy) is 1. The van der Waals surface area contributed by atoms with Crippen LogP contribution in [0.3, 0.4) is 0 Å². The van der Waals surface area contributed by atoms with Gasteiger partial charge in [-0.15, -0.1) is 13.2 Å². The molecule has 0 saturated heterocycles. The average Bonchev–Trinajstić information content (AvgIpc) is 2.54. The highest BCUT2D eigenvalue weighted by atomic mass is 19.4. The van der Waals surface area contributed by atoms with Gasteiger partial charge in [0.2, 0.25) is 0 Å². The molecule has 0 unspecified atom stereocenters. The van der Waals surface area contributed by atoms with Crippen LogP contribution in [-0.2, 0) is 0 Å². The van der Waals surface area contributed by atoms with E-state index in [4.69, 9.17) is 0 Å². The maximum Gasteiger partial charge on any atom is 0.573 e. The molecule has 0 aliphatic carbocycles. The molecule has 1 heterocycles. The van der Waals surface area contributed by atoms with Crippen LogP contribution in [0.4, 0.5) is 13.2 Å². The number of aromatic nitrogens is 1. The van der Waals surface area contributed by atoms with Crippen molar-refractivity contribution in [1.82, 2.24) is 4.98 Å². The van der Waals surface area contributed by atoms with Gasteiger partial charge in [0, 0.05) is 17.3 Å². The Kier molecular flexibility index (Phi) is 4.25. The van der Waals surface area contributed by atoms with Crippen molar-refractivity contribution in [3.05, 3.63) is 72.4 Å². The number of rotatable bonds is 3. The number of halogens is 3. The molecule has 0 N–H and O–H groups in total. The number of hydrogen-bond donors (Lipinski definition) is 0. The Hall–Kier alpha value is -2.82. The molecule has 122 valence electrons. The number of benzene rings is 2. The van der Waals surface area contributed by atoms with E-state index in [2.05, 4.69) is 9.72 Å². The summed E-state index contributed by atoms with van der Waals surface area (Å²) in [6.45, 7) is 1.94. The summed E-state index contributed by atoms with van der Waals surface area (Å²) in [6, 6.07) is 17.1. The minimum atomic E-state index is -4.73. The molecule has 0 aliphatic heterocycles. The molecule has 3 aromatic rings. The quantitative estimate of drug-likeness (QED) is 0.622. The van der Waals surface area contributed by atoms with Crippen LogP contribution in [0.5, 0.6) is 5.75 Å². The first-order valence-corrected chi connectivity index (χ1v) is 7.31. The Morgan fingerprint density at radius 1 is 0.875 bits per heavy atom. The number of hydrogen-bond acceptors (Lipinski definition) is 2. The smallest absolute Gasteiger partial charge is 0.405 e. The lowest BCUT2D eigenvalue weighted by molar-refractivity contribution is -0.274. The Bertz CT molecular complexity index is 859. The Labute approximate surface area is 137 Å². The van der Waals surface area contributed by atoms with Gasteiger partial charge in [-0.2, -0.15) is 0 Å². The monoisotopic (exact) mass is 329 g/mol. The third-order valence-electron chi connectivity index (χ3n) is 3.57. The van der Waals surface area contributed by atoms with E-state index in [0.29, 0.717) is 11.1 Å². The molecule has 2 aromatic carbocycles. The first-order valence-electron chi connectivity index (χ1n) is 7.31. The maximum atomic E-state index is 12.6. The van der Waals surface area contributed by atoms with E-state index >= 15 is 0 Å². The molecule has 24 heavy (non-hydrogen) atoms. The Balaban J connectivity index is 2.06. The number of nitrogens with zero attached hydrogens (tertiary/aromatic N) is 1. The number of para-hydroxylation sites is 1. The van der Waals surface area contributed by atoms with Crippen LogP contribution in [0, 0.1) is 6.92 Å². The van der Waals surface area contributed by atoms with Crippen LogP contribution < -0.4 is 4.74 Å². The second-order valence-corrected chi connectivity index (χ2v) is 5.29. The first kappa shape index (κ1) is 16.1. The van der Waals surface area contributed by atoms with Gasteiger partial charge in [0.15, 0.2) is 0 Å². The molecule has 0 saturated carbocycles. The van der Waals surface area contributed by atoms with Crippen LogP contribution in [-0.4, -0.2) is 11.3 Å². The predicted molar refractivity (Wildman–Crippen MR) is 86.5 cm³/mol. The molecular formula is C19H14F3NO. The fraction of sp³-hybridized carbons (Fsp3) is 0.105. The summed E-state index contributed by atoms with van der Waals surface area (Å²) in [5.74, 6) is -0.222. The van der Waals surface area contributed by atoms with E-state index in [9.17, 15) is 13.2 Å². The second kappa shape index (κ2) is 6.35. The van der Waals surface area contributed by atoms with E-state index in [1.54, 1.807) is 30.5 Å². The van der Waals surface area contributed by atoms with Crippen molar-refractivity contribution in [1.29, 1.82) is 0 Å². The molecular weight excluding hydrogens is 315 g/mol. The highest BCUT2D eigenvalue weighted by Crippen LogP contribution is 2.35. The number of alkyl halides is 3. The molecule has 0 bridgehead atoms.